The van der Waals surface area contributed by atoms with Crippen LogP contribution in [0.25, 0.3) is 0 Å². The van der Waals surface area contributed by atoms with Crippen molar-refractivity contribution in [2.45, 2.75) is 46.2 Å². The van der Waals surface area contributed by atoms with E-state index in [9.17, 15) is 0 Å². The summed E-state index contributed by atoms with van der Waals surface area (Å²) < 4.78 is 11.0. The van der Waals surface area contributed by atoms with Crippen LogP contribution in [0.15, 0.2) is 23.3 Å². The molecule has 0 radical (unpaired) electrons. The quantitative estimate of drug-likeness (QED) is 0.306. The predicted octanol–water partition coefficient (Wildman–Crippen LogP) is 2.65. The molecule has 2 rings (SSSR count). The van der Waals surface area contributed by atoms with E-state index in [0.717, 1.165) is 57.3 Å². The number of rotatable bonds is 9. The molecule has 0 saturated carbocycles. The van der Waals surface area contributed by atoms with Crippen LogP contribution in [0.2, 0.25) is 0 Å². The highest BCUT2D eigenvalue weighted by atomic mass is 127. The van der Waals surface area contributed by atoms with E-state index in [-0.39, 0.29) is 29.5 Å². The molecule has 160 valence electrons. The second-order valence-electron chi connectivity index (χ2n) is 7.31. The molecule has 0 spiro atoms. The first kappa shape index (κ1) is 24.9. The lowest BCUT2D eigenvalue weighted by atomic mass is 10.0. The Hall–Kier alpha value is -1.13. The summed E-state index contributed by atoms with van der Waals surface area (Å²) in [6, 6.07) is 3.92. The Morgan fingerprint density at radius 3 is 2.61 bits per heavy atom. The summed E-state index contributed by atoms with van der Waals surface area (Å²) in [7, 11) is 0. The van der Waals surface area contributed by atoms with E-state index >= 15 is 0 Å². The van der Waals surface area contributed by atoms with Crippen molar-refractivity contribution in [2.75, 3.05) is 46.0 Å². The molecule has 0 unspecified atom stereocenters. The van der Waals surface area contributed by atoms with Gasteiger partial charge in [0.2, 0.25) is 5.88 Å². The van der Waals surface area contributed by atoms with Gasteiger partial charge in [-0.15, -0.1) is 24.0 Å². The van der Waals surface area contributed by atoms with Gasteiger partial charge in [0.25, 0.3) is 0 Å². The third-order valence-electron chi connectivity index (χ3n) is 4.57. The highest BCUT2D eigenvalue weighted by molar-refractivity contribution is 14.0. The van der Waals surface area contributed by atoms with Crippen LogP contribution < -0.4 is 15.4 Å². The molecule has 1 aliphatic heterocycles. The normalized spacial score (nSPS) is 15.6. The van der Waals surface area contributed by atoms with E-state index in [1.54, 1.807) is 0 Å². The maximum absolute atomic E-state index is 5.52. The fourth-order valence-electron chi connectivity index (χ4n) is 2.89. The number of ether oxygens (including phenoxy) is 2. The molecule has 0 aromatic carbocycles. The first-order valence-electron chi connectivity index (χ1n) is 9.98. The van der Waals surface area contributed by atoms with E-state index in [4.69, 9.17) is 14.5 Å². The zero-order chi connectivity index (χ0) is 19.5. The predicted molar refractivity (Wildman–Crippen MR) is 125 cm³/mol. The fraction of sp³-hybridized carbons (Fsp3) is 0.700. The molecule has 1 fully saturated rings. The maximum Gasteiger partial charge on any atom is 0.213 e. The Bertz CT molecular complexity index is 574. The van der Waals surface area contributed by atoms with Crippen molar-refractivity contribution in [2.24, 2.45) is 4.99 Å². The first-order valence-corrected chi connectivity index (χ1v) is 9.98. The third-order valence-corrected chi connectivity index (χ3v) is 4.57. The number of nitrogens with one attached hydrogen (secondary N) is 2. The number of guanidine groups is 1. The van der Waals surface area contributed by atoms with Crippen LogP contribution in [-0.4, -0.2) is 67.4 Å². The van der Waals surface area contributed by atoms with Crippen LogP contribution in [0, 0.1) is 0 Å². The van der Waals surface area contributed by atoms with Gasteiger partial charge in [0, 0.05) is 44.0 Å². The van der Waals surface area contributed by atoms with Crippen LogP contribution in [0.4, 0.5) is 0 Å². The van der Waals surface area contributed by atoms with Crippen LogP contribution in [0.5, 0.6) is 5.88 Å². The molecule has 0 bridgehead atoms. The average molecular weight is 505 g/mol. The topological polar surface area (TPSA) is 71.0 Å². The standard InChI is InChI=1S/C20H35N5O2.HI/c1-5-11-27-18-8-7-17(14-22-18)15-23-19(21-6-2)24-16-20(3,4)25-9-12-26-13-10-25;/h7-8,14H,5-6,9-13,15-16H2,1-4H3,(H2,21,23,24);1H. The third kappa shape index (κ3) is 8.48. The first-order chi connectivity index (χ1) is 13.0. The van der Waals surface area contributed by atoms with Gasteiger partial charge >= 0.3 is 0 Å². The summed E-state index contributed by atoms with van der Waals surface area (Å²) in [6.45, 7) is 15.1. The van der Waals surface area contributed by atoms with Gasteiger partial charge in [-0.3, -0.25) is 4.90 Å². The number of aliphatic imine (C=N–C) groups is 1. The van der Waals surface area contributed by atoms with Crippen molar-refractivity contribution < 1.29 is 9.47 Å². The van der Waals surface area contributed by atoms with Crippen molar-refractivity contribution in [1.82, 2.24) is 20.5 Å². The monoisotopic (exact) mass is 505 g/mol. The molecule has 1 aromatic heterocycles. The van der Waals surface area contributed by atoms with E-state index in [2.05, 4.69) is 48.2 Å². The van der Waals surface area contributed by atoms with E-state index in [1.807, 2.05) is 18.3 Å². The van der Waals surface area contributed by atoms with Crippen LogP contribution >= 0.6 is 24.0 Å². The summed E-state index contributed by atoms with van der Waals surface area (Å²) in [5, 5.41) is 6.80. The fourth-order valence-corrected chi connectivity index (χ4v) is 2.89. The maximum atomic E-state index is 5.52. The molecule has 8 heteroatoms. The second kappa shape index (κ2) is 13.2. The molecule has 0 amide bonds. The van der Waals surface area contributed by atoms with Crippen molar-refractivity contribution in [3.8, 4) is 5.88 Å². The lowest BCUT2D eigenvalue weighted by Gasteiger charge is -2.41. The summed E-state index contributed by atoms with van der Waals surface area (Å²) in [5.74, 6) is 1.49. The zero-order valence-corrected chi connectivity index (χ0v) is 20.0. The summed E-state index contributed by atoms with van der Waals surface area (Å²) in [5.41, 5.74) is 1.10. The van der Waals surface area contributed by atoms with Crippen molar-refractivity contribution >= 4 is 29.9 Å². The summed E-state index contributed by atoms with van der Waals surface area (Å²) >= 11 is 0. The second-order valence-corrected chi connectivity index (χ2v) is 7.31. The number of pyridine rings is 1. The highest BCUT2D eigenvalue weighted by Crippen LogP contribution is 2.15. The average Bonchev–Trinajstić information content (AvgIpc) is 2.70. The van der Waals surface area contributed by atoms with Crippen molar-refractivity contribution in [3.63, 3.8) is 0 Å². The van der Waals surface area contributed by atoms with Gasteiger partial charge in [-0.1, -0.05) is 13.0 Å². The van der Waals surface area contributed by atoms with Crippen LogP contribution in [-0.2, 0) is 11.3 Å². The Morgan fingerprint density at radius 2 is 2.00 bits per heavy atom. The van der Waals surface area contributed by atoms with Crippen LogP contribution in [0.3, 0.4) is 0 Å². The lowest BCUT2D eigenvalue weighted by Crippen LogP contribution is -2.56. The molecule has 28 heavy (non-hydrogen) atoms. The SMILES string of the molecule is CCCOc1ccc(CN=C(NCC)NCC(C)(C)N2CCOCC2)cn1.I. The minimum absolute atomic E-state index is 0. The molecule has 2 heterocycles. The smallest absolute Gasteiger partial charge is 0.213 e. The van der Waals surface area contributed by atoms with Crippen LogP contribution in [0.1, 0.15) is 39.7 Å². The molecule has 0 atom stereocenters. The number of hydrogen-bond donors (Lipinski definition) is 2. The van der Waals surface area contributed by atoms with Gasteiger partial charge in [0.05, 0.1) is 26.4 Å². The van der Waals surface area contributed by atoms with Gasteiger partial charge in [0.15, 0.2) is 5.96 Å². The summed E-state index contributed by atoms with van der Waals surface area (Å²) in [6.07, 6.45) is 2.81. The van der Waals surface area contributed by atoms with Gasteiger partial charge in [-0.2, -0.15) is 0 Å². The van der Waals surface area contributed by atoms with Gasteiger partial charge in [0.1, 0.15) is 0 Å². The molecule has 1 saturated heterocycles. The minimum atomic E-state index is 0. The molecular weight excluding hydrogens is 469 g/mol. The number of aromatic nitrogens is 1. The number of halogens is 1. The van der Waals surface area contributed by atoms with E-state index in [0.29, 0.717) is 19.0 Å². The van der Waals surface area contributed by atoms with Crippen molar-refractivity contribution in [3.05, 3.63) is 23.9 Å². The Labute approximate surface area is 186 Å². The van der Waals surface area contributed by atoms with Gasteiger partial charge in [-0.05, 0) is 32.8 Å². The van der Waals surface area contributed by atoms with Gasteiger partial charge in [-0.25, -0.2) is 9.98 Å². The number of hydrogen-bond acceptors (Lipinski definition) is 5. The molecular formula is C20H36IN5O2. The molecule has 1 aromatic rings. The molecule has 1 aliphatic rings. The largest absolute Gasteiger partial charge is 0.478 e. The minimum Gasteiger partial charge on any atom is -0.478 e. The Morgan fingerprint density at radius 1 is 1.25 bits per heavy atom. The number of morpholine rings is 1. The van der Waals surface area contributed by atoms with E-state index in [1.165, 1.54) is 0 Å². The van der Waals surface area contributed by atoms with Gasteiger partial charge < -0.3 is 20.1 Å². The molecule has 0 aliphatic carbocycles. The Balaban J connectivity index is 0.00000392. The van der Waals surface area contributed by atoms with Crippen molar-refractivity contribution in [1.29, 1.82) is 0 Å². The Kier molecular flexibility index (Phi) is 11.7. The van der Waals surface area contributed by atoms with E-state index < -0.39 is 0 Å². The highest BCUT2D eigenvalue weighted by Gasteiger charge is 2.28. The lowest BCUT2D eigenvalue weighted by molar-refractivity contribution is -0.00834. The summed E-state index contributed by atoms with van der Waals surface area (Å²) in [4.78, 5) is 11.5. The zero-order valence-electron chi connectivity index (χ0n) is 17.7. The molecule has 7 nitrogen and oxygen atoms in total. The molecule has 2 N–H and O–H groups in total. The number of nitrogens with zero attached hydrogens (tertiary/aromatic N) is 3.